The molecule has 0 unspecified atom stereocenters. The van der Waals surface area contributed by atoms with Crippen molar-refractivity contribution in [2.24, 2.45) is 0 Å². The Morgan fingerprint density at radius 2 is 1.76 bits per heavy atom. The van der Waals surface area contributed by atoms with Crippen LogP contribution in [-0.4, -0.2) is 11.5 Å². The molecule has 0 fully saturated rings. The zero-order valence-corrected chi connectivity index (χ0v) is 14.1. The quantitative estimate of drug-likeness (QED) is 0.452. The first-order valence-electron chi connectivity index (χ1n) is 6.78. The van der Waals surface area contributed by atoms with Gasteiger partial charge in [-0.15, -0.1) is 0 Å². The number of hydrogen-bond acceptors (Lipinski definition) is 4. The smallest absolute Gasteiger partial charge is 0.416 e. The van der Waals surface area contributed by atoms with Crippen LogP contribution < -0.4 is 9.47 Å². The topological polar surface area (TPSA) is 61.6 Å². The first-order valence-corrected chi connectivity index (χ1v) is 7.54. The molecule has 0 N–H and O–H groups in total. The van der Waals surface area contributed by atoms with E-state index in [0.29, 0.717) is 12.1 Å². The van der Waals surface area contributed by atoms with Crippen LogP contribution in [0, 0.1) is 10.1 Å². The Labute approximate surface area is 150 Å². The number of halogens is 5. The van der Waals surface area contributed by atoms with E-state index in [9.17, 15) is 23.3 Å². The van der Waals surface area contributed by atoms with Gasteiger partial charge in [0, 0.05) is 12.1 Å². The van der Waals surface area contributed by atoms with Crippen molar-refractivity contribution < 1.29 is 27.6 Å². The number of alkyl halides is 3. The Morgan fingerprint density at radius 3 is 2.24 bits per heavy atom. The Morgan fingerprint density at radius 1 is 1.16 bits per heavy atom. The van der Waals surface area contributed by atoms with E-state index in [1.807, 2.05) is 0 Å². The minimum Gasteiger partial charge on any atom is -0.487 e. The van der Waals surface area contributed by atoms with Gasteiger partial charge in [-0.25, -0.2) is 0 Å². The molecule has 0 aliphatic heterocycles. The van der Waals surface area contributed by atoms with E-state index in [2.05, 4.69) is 0 Å². The van der Waals surface area contributed by atoms with Gasteiger partial charge in [0.15, 0.2) is 5.75 Å². The first kappa shape index (κ1) is 19.1. The second-order valence-electron chi connectivity index (χ2n) is 4.69. The molecule has 10 heteroatoms. The number of rotatable bonds is 5. The number of nitro benzene ring substituents is 1. The summed E-state index contributed by atoms with van der Waals surface area (Å²) in [5.74, 6) is -0.186. The maximum absolute atomic E-state index is 12.7. The van der Waals surface area contributed by atoms with Crippen LogP contribution in [0.1, 0.15) is 12.5 Å². The number of nitro groups is 1. The van der Waals surface area contributed by atoms with Gasteiger partial charge in [0.2, 0.25) is 5.75 Å². The molecule has 25 heavy (non-hydrogen) atoms. The molecule has 0 saturated heterocycles. The molecule has 0 aliphatic carbocycles. The van der Waals surface area contributed by atoms with Gasteiger partial charge >= 0.3 is 11.9 Å². The van der Waals surface area contributed by atoms with Crippen molar-refractivity contribution in [3.8, 4) is 17.2 Å². The predicted octanol–water partition coefficient (Wildman–Crippen LogP) is 6.11. The van der Waals surface area contributed by atoms with Gasteiger partial charge in [0.25, 0.3) is 0 Å². The zero-order chi connectivity index (χ0) is 18.8. The fourth-order valence-electron chi connectivity index (χ4n) is 1.92. The summed E-state index contributed by atoms with van der Waals surface area (Å²) in [5, 5.41) is 10.2. The molecule has 134 valence electrons. The largest absolute Gasteiger partial charge is 0.487 e. The highest BCUT2D eigenvalue weighted by Crippen LogP contribution is 2.42. The van der Waals surface area contributed by atoms with Crippen LogP contribution in [0.25, 0.3) is 0 Å². The van der Waals surface area contributed by atoms with E-state index >= 15 is 0 Å². The van der Waals surface area contributed by atoms with Crippen molar-refractivity contribution in [2.45, 2.75) is 13.1 Å². The van der Waals surface area contributed by atoms with Gasteiger partial charge in [-0.1, -0.05) is 23.2 Å². The van der Waals surface area contributed by atoms with Crippen LogP contribution in [0.3, 0.4) is 0 Å². The van der Waals surface area contributed by atoms with Crippen LogP contribution in [0.5, 0.6) is 17.2 Å². The third-order valence-electron chi connectivity index (χ3n) is 2.97. The molecule has 5 nitrogen and oxygen atoms in total. The SMILES string of the molecule is CCOc1cc(Oc2c(Cl)cc(C(F)(F)F)cc2Cl)ccc1[N+](=O)[O-]. The lowest BCUT2D eigenvalue weighted by molar-refractivity contribution is -0.385. The molecule has 0 amide bonds. The van der Waals surface area contributed by atoms with Crippen molar-refractivity contribution in [2.75, 3.05) is 6.61 Å². The summed E-state index contributed by atoms with van der Waals surface area (Å²) in [6, 6.07) is 4.98. The molecule has 2 aromatic carbocycles. The maximum Gasteiger partial charge on any atom is 0.416 e. The average Bonchev–Trinajstić information content (AvgIpc) is 2.50. The molecule has 0 heterocycles. The van der Waals surface area contributed by atoms with Crippen LogP contribution in [-0.2, 0) is 6.18 Å². The van der Waals surface area contributed by atoms with E-state index in [0.717, 1.165) is 6.07 Å². The van der Waals surface area contributed by atoms with Crippen molar-refractivity contribution in [3.63, 3.8) is 0 Å². The highest BCUT2D eigenvalue weighted by molar-refractivity contribution is 6.37. The van der Waals surface area contributed by atoms with Crippen molar-refractivity contribution >= 4 is 28.9 Å². The first-order chi connectivity index (χ1) is 11.6. The Hall–Kier alpha value is -2.19. The number of benzene rings is 2. The summed E-state index contributed by atoms with van der Waals surface area (Å²) < 4.78 is 48.7. The summed E-state index contributed by atoms with van der Waals surface area (Å²) in [5.41, 5.74) is -1.30. The summed E-state index contributed by atoms with van der Waals surface area (Å²) >= 11 is 11.6. The third kappa shape index (κ3) is 4.46. The van der Waals surface area contributed by atoms with Gasteiger partial charge < -0.3 is 9.47 Å². The van der Waals surface area contributed by atoms with Gasteiger partial charge in [-0.05, 0) is 25.1 Å². The van der Waals surface area contributed by atoms with Crippen molar-refractivity contribution in [3.05, 3.63) is 56.1 Å². The van der Waals surface area contributed by atoms with Gasteiger partial charge in [-0.2, -0.15) is 13.2 Å². The second kappa shape index (κ2) is 7.37. The molecule has 0 radical (unpaired) electrons. The summed E-state index contributed by atoms with van der Waals surface area (Å²) in [4.78, 5) is 10.3. The normalized spacial score (nSPS) is 11.3. The minimum atomic E-state index is -4.61. The van der Waals surface area contributed by atoms with E-state index in [1.165, 1.54) is 12.1 Å². The monoisotopic (exact) mass is 395 g/mol. The van der Waals surface area contributed by atoms with Crippen molar-refractivity contribution in [1.29, 1.82) is 0 Å². The van der Waals surface area contributed by atoms with Gasteiger partial charge in [0.1, 0.15) is 5.75 Å². The molecule has 0 bridgehead atoms. The zero-order valence-electron chi connectivity index (χ0n) is 12.6. The molecule has 2 rings (SSSR count). The lowest BCUT2D eigenvalue weighted by Crippen LogP contribution is -2.05. The summed E-state index contributed by atoms with van der Waals surface area (Å²) in [6.07, 6.45) is -4.61. The fourth-order valence-corrected chi connectivity index (χ4v) is 2.48. The average molecular weight is 396 g/mol. The number of hydrogen-bond donors (Lipinski definition) is 0. The molecular formula is C15H10Cl2F3NO4. The molecule has 0 aliphatic rings. The van der Waals surface area contributed by atoms with E-state index in [-0.39, 0.29) is 39.6 Å². The van der Waals surface area contributed by atoms with Crippen LogP contribution in [0.4, 0.5) is 18.9 Å². The standard InChI is InChI=1S/C15H10Cl2F3NO4/c1-2-24-13-7-9(3-4-12(13)21(22)23)25-14-10(16)5-8(6-11(14)17)15(18,19)20/h3-7H,2H2,1H3. The van der Waals surface area contributed by atoms with Crippen molar-refractivity contribution in [1.82, 2.24) is 0 Å². The second-order valence-corrected chi connectivity index (χ2v) is 5.50. The summed E-state index contributed by atoms with van der Waals surface area (Å²) in [7, 11) is 0. The molecular weight excluding hydrogens is 386 g/mol. The highest BCUT2D eigenvalue weighted by Gasteiger charge is 2.32. The fraction of sp³-hybridized carbons (Fsp3) is 0.200. The number of ether oxygens (including phenoxy) is 2. The lowest BCUT2D eigenvalue weighted by atomic mass is 10.2. The molecule has 2 aromatic rings. The van der Waals surface area contributed by atoms with Crippen LogP contribution >= 0.6 is 23.2 Å². The molecule has 0 saturated carbocycles. The van der Waals surface area contributed by atoms with E-state index in [4.69, 9.17) is 32.7 Å². The van der Waals surface area contributed by atoms with Gasteiger partial charge in [0.05, 0.1) is 27.1 Å². The van der Waals surface area contributed by atoms with Crippen LogP contribution in [0.2, 0.25) is 10.0 Å². The Bertz CT molecular complexity index is 789. The Kier molecular flexibility index (Phi) is 5.64. The number of nitrogens with zero attached hydrogens (tertiary/aromatic N) is 1. The predicted molar refractivity (Wildman–Crippen MR) is 85.8 cm³/mol. The third-order valence-corrected chi connectivity index (χ3v) is 3.53. The Balaban J connectivity index is 2.40. The van der Waals surface area contributed by atoms with Gasteiger partial charge in [-0.3, -0.25) is 10.1 Å². The highest BCUT2D eigenvalue weighted by atomic mass is 35.5. The van der Waals surface area contributed by atoms with E-state index < -0.39 is 16.7 Å². The molecule has 0 atom stereocenters. The maximum atomic E-state index is 12.7. The molecule has 0 aromatic heterocycles. The van der Waals surface area contributed by atoms with Crippen LogP contribution in [0.15, 0.2) is 30.3 Å². The summed E-state index contributed by atoms with van der Waals surface area (Å²) in [6.45, 7) is 1.81. The minimum absolute atomic E-state index is 0.0517. The lowest BCUT2D eigenvalue weighted by Gasteiger charge is -2.14. The van der Waals surface area contributed by atoms with E-state index in [1.54, 1.807) is 6.92 Å². The molecule has 0 spiro atoms.